The molecule has 0 bridgehead atoms. The number of fused-ring (bicyclic) bond motifs is 1. The molecule has 0 radical (unpaired) electrons. The van der Waals surface area contributed by atoms with E-state index in [4.69, 9.17) is 4.74 Å². The fourth-order valence-corrected chi connectivity index (χ4v) is 2.95. The first-order chi connectivity index (χ1) is 12.5. The van der Waals surface area contributed by atoms with Gasteiger partial charge in [0, 0.05) is 25.9 Å². The molecule has 0 fully saturated rings. The van der Waals surface area contributed by atoms with Crippen LogP contribution >= 0.6 is 0 Å². The van der Waals surface area contributed by atoms with Gasteiger partial charge in [0.15, 0.2) is 5.65 Å². The molecule has 0 saturated heterocycles. The molecular weight excluding hydrogens is 335 g/mol. The van der Waals surface area contributed by atoms with E-state index in [-0.39, 0.29) is 24.3 Å². The van der Waals surface area contributed by atoms with E-state index in [9.17, 15) is 9.18 Å². The molecule has 1 aromatic carbocycles. The first kappa shape index (κ1) is 18.0. The predicted octanol–water partition coefficient (Wildman–Crippen LogP) is 2.85. The second-order valence-electron chi connectivity index (χ2n) is 6.23. The predicted molar refractivity (Wildman–Crippen MR) is 95.3 cm³/mol. The molecule has 0 aliphatic rings. The molecule has 2 aromatic heterocycles. The minimum absolute atomic E-state index is 0.191. The van der Waals surface area contributed by atoms with E-state index in [1.54, 1.807) is 47.1 Å². The Hall–Kier alpha value is -2.80. The fourth-order valence-electron chi connectivity index (χ4n) is 2.95. The molecule has 1 atom stereocenters. The summed E-state index contributed by atoms with van der Waals surface area (Å²) >= 11 is 0. The maximum atomic E-state index is 13.5. The second-order valence-corrected chi connectivity index (χ2v) is 6.23. The van der Waals surface area contributed by atoms with Gasteiger partial charge in [-0.2, -0.15) is 5.10 Å². The van der Waals surface area contributed by atoms with Crippen LogP contribution in [-0.2, 0) is 11.3 Å². The molecule has 7 heteroatoms. The number of benzene rings is 1. The number of ether oxygens (including phenoxy) is 1. The van der Waals surface area contributed by atoms with Gasteiger partial charge in [-0.05, 0) is 31.5 Å². The van der Waals surface area contributed by atoms with E-state index < -0.39 is 0 Å². The molecule has 0 spiro atoms. The fraction of sp³-hybridized carbons (Fsp3) is 0.316. The van der Waals surface area contributed by atoms with Gasteiger partial charge in [-0.25, -0.2) is 13.9 Å². The monoisotopic (exact) mass is 356 g/mol. The normalized spacial score (nSPS) is 12.3. The number of methoxy groups -OCH3 is 1. The van der Waals surface area contributed by atoms with Crippen molar-refractivity contribution >= 4 is 11.6 Å². The zero-order chi connectivity index (χ0) is 18.7. The van der Waals surface area contributed by atoms with Gasteiger partial charge < -0.3 is 9.64 Å². The highest BCUT2D eigenvalue weighted by molar-refractivity contribution is 5.95. The molecule has 0 unspecified atom stereocenters. The van der Waals surface area contributed by atoms with Crippen LogP contribution in [0.15, 0.2) is 42.7 Å². The number of hydrogen-bond acceptors (Lipinski definition) is 4. The number of amides is 1. The van der Waals surface area contributed by atoms with Gasteiger partial charge in [0.2, 0.25) is 0 Å². The number of rotatable bonds is 6. The number of carbonyl (C=O) groups excluding carboxylic acids is 1. The highest BCUT2D eigenvalue weighted by Gasteiger charge is 2.24. The molecule has 26 heavy (non-hydrogen) atoms. The van der Waals surface area contributed by atoms with Crippen LogP contribution < -0.4 is 0 Å². The standard InChI is InChI=1S/C19H21FN4O2/c1-13(12-26-3)23(11-15-5-4-6-16(20)9-15)19(25)17-10-21-18-7-8-22-24(18)14(17)2/h4-10,13H,11-12H2,1-3H3/t13-/m1/s1. The summed E-state index contributed by atoms with van der Waals surface area (Å²) in [4.78, 5) is 19.2. The van der Waals surface area contributed by atoms with Crippen LogP contribution in [0.4, 0.5) is 4.39 Å². The number of hydrogen-bond donors (Lipinski definition) is 0. The Morgan fingerprint density at radius 3 is 2.92 bits per heavy atom. The summed E-state index contributed by atoms with van der Waals surface area (Å²) in [6, 6.07) is 7.83. The second kappa shape index (κ2) is 7.61. The molecule has 0 saturated carbocycles. The van der Waals surface area contributed by atoms with Crippen LogP contribution in [-0.4, -0.2) is 45.2 Å². The molecule has 1 amide bonds. The number of carbonyl (C=O) groups is 1. The van der Waals surface area contributed by atoms with E-state index in [0.29, 0.717) is 29.1 Å². The van der Waals surface area contributed by atoms with E-state index in [2.05, 4.69) is 10.1 Å². The third kappa shape index (κ3) is 3.57. The van der Waals surface area contributed by atoms with Crippen LogP contribution in [0.25, 0.3) is 5.65 Å². The summed E-state index contributed by atoms with van der Waals surface area (Å²) in [5.41, 5.74) is 2.56. The first-order valence-electron chi connectivity index (χ1n) is 8.35. The van der Waals surface area contributed by atoms with Crippen molar-refractivity contribution in [2.75, 3.05) is 13.7 Å². The van der Waals surface area contributed by atoms with Gasteiger partial charge in [-0.15, -0.1) is 0 Å². The van der Waals surface area contributed by atoms with Crippen molar-refractivity contribution in [1.82, 2.24) is 19.5 Å². The van der Waals surface area contributed by atoms with Crippen LogP contribution in [0.3, 0.4) is 0 Å². The van der Waals surface area contributed by atoms with Crippen LogP contribution in [0.5, 0.6) is 0 Å². The smallest absolute Gasteiger partial charge is 0.257 e. The maximum Gasteiger partial charge on any atom is 0.257 e. The lowest BCUT2D eigenvalue weighted by molar-refractivity contribution is 0.0540. The van der Waals surface area contributed by atoms with Crippen LogP contribution in [0.2, 0.25) is 0 Å². The molecule has 6 nitrogen and oxygen atoms in total. The van der Waals surface area contributed by atoms with Crippen molar-refractivity contribution in [2.24, 2.45) is 0 Å². The average Bonchev–Trinajstić information content (AvgIpc) is 3.09. The first-order valence-corrected chi connectivity index (χ1v) is 8.35. The third-order valence-corrected chi connectivity index (χ3v) is 4.33. The Labute approximate surface area is 151 Å². The number of nitrogens with zero attached hydrogens (tertiary/aromatic N) is 4. The van der Waals surface area contributed by atoms with Crippen molar-refractivity contribution in [3.05, 3.63) is 65.4 Å². The SMILES string of the molecule is COC[C@@H](C)N(Cc1cccc(F)c1)C(=O)c1cnc2ccnn2c1C. The molecule has 3 aromatic rings. The highest BCUT2D eigenvalue weighted by Crippen LogP contribution is 2.17. The molecule has 2 heterocycles. The minimum Gasteiger partial charge on any atom is -0.383 e. The van der Waals surface area contributed by atoms with Gasteiger partial charge in [0.05, 0.1) is 30.1 Å². The minimum atomic E-state index is -0.329. The largest absolute Gasteiger partial charge is 0.383 e. The lowest BCUT2D eigenvalue weighted by atomic mass is 10.1. The summed E-state index contributed by atoms with van der Waals surface area (Å²) in [7, 11) is 1.59. The molecule has 0 aliphatic carbocycles. The summed E-state index contributed by atoms with van der Waals surface area (Å²) in [6.45, 7) is 4.38. The summed E-state index contributed by atoms with van der Waals surface area (Å²) in [6.07, 6.45) is 3.20. The summed E-state index contributed by atoms with van der Waals surface area (Å²) < 4.78 is 20.4. The van der Waals surface area contributed by atoms with Gasteiger partial charge in [-0.1, -0.05) is 12.1 Å². The van der Waals surface area contributed by atoms with Crippen molar-refractivity contribution in [1.29, 1.82) is 0 Å². The van der Waals surface area contributed by atoms with E-state index in [1.165, 1.54) is 12.1 Å². The van der Waals surface area contributed by atoms with E-state index in [1.807, 2.05) is 13.8 Å². The maximum absolute atomic E-state index is 13.5. The van der Waals surface area contributed by atoms with E-state index >= 15 is 0 Å². The van der Waals surface area contributed by atoms with Gasteiger partial charge in [-0.3, -0.25) is 4.79 Å². The summed E-state index contributed by atoms with van der Waals surface area (Å²) in [5, 5.41) is 4.21. The molecular formula is C19H21FN4O2. The Balaban J connectivity index is 1.96. The highest BCUT2D eigenvalue weighted by atomic mass is 19.1. The zero-order valence-corrected chi connectivity index (χ0v) is 15.0. The van der Waals surface area contributed by atoms with E-state index in [0.717, 1.165) is 0 Å². The Kier molecular flexibility index (Phi) is 5.27. The number of halogens is 1. The Bertz CT molecular complexity index is 925. The van der Waals surface area contributed by atoms with Crippen LogP contribution in [0.1, 0.15) is 28.5 Å². The topological polar surface area (TPSA) is 59.7 Å². The van der Waals surface area contributed by atoms with Crippen molar-refractivity contribution in [2.45, 2.75) is 26.4 Å². The molecule has 3 rings (SSSR count). The van der Waals surface area contributed by atoms with Crippen molar-refractivity contribution < 1.29 is 13.9 Å². The molecule has 0 N–H and O–H groups in total. The quantitative estimate of drug-likeness (QED) is 0.681. The van der Waals surface area contributed by atoms with Gasteiger partial charge in [0.25, 0.3) is 5.91 Å². The Morgan fingerprint density at radius 2 is 2.19 bits per heavy atom. The van der Waals surface area contributed by atoms with Gasteiger partial charge >= 0.3 is 0 Å². The Morgan fingerprint density at radius 1 is 1.38 bits per heavy atom. The lowest BCUT2D eigenvalue weighted by Crippen LogP contribution is -2.41. The lowest BCUT2D eigenvalue weighted by Gasteiger charge is -2.29. The number of aromatic nitrogens is 3. The molecule has 0 aliphatic heterocycles. The van der Waals surface area contributed by atoms with Gasteiger partial charge in [0.1, 0.15) is 5.82 Å². The average molecular weight is 356 g/mol. The third-order valence-electron chi connectivity index (χ3n) is 4.33. The van der Waals surface area contributed by atoms with Crippen molar-refractivity contribution in [3.63, 3.8) is 0 Å². The number of aryl methyl sites for hydroxylation is 1. The van der Waals surface area contributed by atoms with Crippen LogP contribution in [0, 0.1) is 12.7 Å². The molecule has 136 valence electrons. The van der Waals surface area contributed by atoms with Crippen molar-refractivity contribution in [3.8, 4) is 0 Å². The summed E-state index contributed by atoms with van der Waals surface area (Å²) in [5.74, 6) is -0.522. The zero-order valence-electron chi connectivity index (χ0n) is 15.0.